The van der Waals surface area contributed by atoms with Crippen LogP contribution in [0, 0.1) is 5.41 Å². The van der Waals surface area contributed by atoms with Crippen molar-refractivity contribution in [3.8, 4) is 0 Å². The molecule has 2 aliphatic carbocycles. The Labute approximate surface area is 123 Å². The third-order valence-corrected chi connectivity index (χ3v) is 5.46. The van der Waals surface area contributed by atoms with Crippen molar-refractivity contribution in [1.29, 1.82) is 0 Å². The highest BCUT2D eigenvalue weighted by Crippen LogP contribution is 2.44. The van der Waals surface area contributed by atoms with Crippen LogP contribution in [0.2, 0.25) is 0 Å². The maximum atomic E-state index is 5.86. The zero-order chi connectivity index (χ0) is 13.8. The minimum Gasteiger partial charge on any atom is -0.370 e. The van der Waals surface area contributed by atoms with Crippen molar-refractivity contribution in [2.75, 3.05) is 26.2 Å². The second-order valence-corrected chi connectivity index (χ2v) is 7.09. The molecule has 0 atom stereocenters. The van der Waals surface area contributed by atoms with E-state index in [0.717, 1.165) is 13.1 Å². The van der Waals surface area contributed by atoms with Crippen LogP contribution < -0.4 is 11.1 Å². The van der Waals surface area contributed by atoms with E-state index in [2.05, 4.69) is 15.2 Å². The van der Waals surface area contributed by atoms with Crippen LogP contribution >= 0.6 is 0 Å². The predicted molar refractivity (Wildman–Crippen MR) is 83.8 cm³/mol. The fourth-order valence-electron chi connectivity index (χ4n) is 3.85. The average Bonchev–Trinajstić information content (AvgIpc) is 3.26. The molecule has 0 aromatic heterocycles. The number of rotatable bonds is 4. The number of hydrogen-bond donors (Lipinski definition) is 2. The van der Waals surface area contributed by atoms with Crippen LogP contribution in [-0.4, -0.2) is 43.1 Å². The van der Waals surface area contributed by atoms with Gasteiger partial charge in [-0.15, -0.1) is 0 Å². The van der Waals surface area contributed by atoms with Gasteiger partial charge in [-0.1, -0.05) is 19.3 Å². The maximum Gasteiger partial charge on any atom is 0.188 e. The van der Waals surface area contributed by atoms with E-state index in [1.807, 2.05) is 0 Å². The first-order valence-electron chi connectivity index (χ1n) is 8.55. The van der Waals surface area contributed by atoms with Crippen LogP contribution in [0.25, 0.3) is 0 Å². The molecule has 3 rings (SSSR count). The third kappa shape index (κ3) is 3.87. The Balaban J connectivity index is 1.35. The van der Waals surface area contributed by atoms with Gasteiger partial charge in [-0.25, -0.2) is 0 Å². The number of nitrogens with two attached hydrogens (primary N) is 1. The molecule has 0 amide bonds. The van der Waals surface area contributed by atoms with Gasteiger partial charge in [-0.3, -0.25) is 4.99 Å². The monoisotopic (exact) mass is 278 g/mol. The van der Waals surface area contributed by atoms with Crippen molar-refractivity contribution in [2.24, 2.45) is 16.1 Å². The fraction of sp³-hybridized carbons (Fsp3) is 0.938. The molecule has 114 valence electrons. The largest absolute Gasteiger partial charge is 0.370 e. The van der Waals surface area contributed by atoms with Gasteiger partial charge in [-0.2, -0.15) is 0 Å². The van der Waals surface area contributed by atoms with Crippen LogP contribution in [0.1, 0.15) is 57.8 Å². The average molecular weight is 278 g/mol. The number of guanidine groups is 1. The number of likely N-dealkylation sites (tertiary alicyclic amines) is 1. The van der Waals surface area contributed by atoms with Crippen LogP contribution in [0.5, 0.6) is 0 Å². The Hall–Kier alpha value is -0.770. The molecular weight excluding hydrogens is 248 g/mol. The standard InChI is InChI=1S/C16H30N4/c17-15(19-14-4-5-14)18-10-13-20-11-8-16(9-12-20)6-2-1-3-7-16/h14H,1-13H2,(H3,17,18,19). The van der Waals surface area contributed by atoms with Crippen LogP contribution in [0.15, 0.2) is 4.99 Å². The summed E-state index contributed by atoms with van der Waals surface area (Å²) in [6, 6.07) is 0.611. The van der Waals surface area contributed by atoms with Crippen molar-refractivity contribution < 1.29 is 0 Å². The molecule has 1 aliphatic heterocycles. The van der Waals surface area contributed by atoms with E-state index >= 15 is 0 Å². The lowest BCUT2D eigenvalue weighted by Gasteiger charge is -2.44. The van der Waals surface area contributed by atoms with E-state index in [4.69, 9.17) is 5.73 Å². The maximum absolute atomic E-state index is 5.86. The number of nitrogens with zero attached hydrogens (tertiary/aromatic N) is 2. The van der Waals surface area contributed by atoms with Crippen LogP contribution in [0.3, 0.4) is 0 Å². The second-order valence-electron chi connectivity index (χ2n) is 7.09. The lowest BCUT2D eigenvalue weighted by atomic mass is 9.68. The minimum absolute atomic E-state index is 0.611. The predicted octanol–water partition coefficient (Wildman–Crippen LogP) is 2.10. The van der Waals surface area contributed by atoms with E-state index in [-0.39, 0.29) is 0 Å². The summed E-state index contributed by atoms with van der Waals surface area (Å²) in [5.74, 6) is 0.647. The van der Waals surface area contributed by atoms with E-state index in [0.29, 0.717) is 17.4 Å². The Morgan fingerprint density at radius 1 is 1.10 bits per heavy atom. The normalized spacial score (nSPS) is 27.7. The summed E-state index contributed by atoms with van der Waals surface area (Å²) in [6.07, 6.45) is 12.7. The Morgan fingerprint density at radius 3 is 2.45 bits per heavy atom. The Bertz CT molecular complexity index is 332. The molecule has 0 radical (unpaired) electrons. The number of aliphatic imine (C=N–C) groups is 1. The molecule has 2 saturated carbocycles. The van der Waals surface area contributed by atoms with Gasteiger partial charge in [0.05, 0.1) is 6.54 Å². The van der Waals surface area contributed by atoms with Crippen molar-refractivity contribution in [1.82, 2.24) is 10.2 Å². The fourth-order valence-corrected chi connectivity index (χ4v) is 3.85. The number of hydrogen-bond acceptors (Lipinski definition) is 2. The molecule has 1 heterocycles. The molecule has 3 aliphatic rings. The summed E-state index contributed by atoms with van der Waals surface area (Å²) in [7, 11) is 0. The number of piperidine rings is 1. The quantitative estimate of drug-likeness (QED) is 0.611. The molecule has 4 heteroatoms. The number of nitrogens with one attached hydrogen (secondary N) is 1. The first-order chi connectivity index (χ1) is 9.76. The van der Waals surface area contributed by atoms with Gasteiger partial charge in [-0.05, 0) is 57.0 Å². The highest BCUT2D eigenvalue weighted by atomic mass is 15.2. The molecule has 3 fully saturated rings. The summed E-state index contributed by atoms with van der Waals surface area (Å²) in [4.78, 5) is 7.02. The van der Waals surface area contributed by atoms with Crippen molar-refractivity contribution in [3.05, 3.63) is 0 Å². The summed E-state index contributed by atoms with van der Waals surface area (Å²) in [5.41, 5.74) is 6.58. The van der Waals surface area contributed by atoms with E-state index in [1.54, 1.807) is 0 Å². The Morgan fingerprint density at radius 2 is 1.80 bits per heavy atom. The first kappa shape index (κ1) is 14.2. The molecule has 1 saturated heterocycles. The second kappa shape index (κ2) is 6.33. The summed E-state index contributed by atoms with van der Waals surface area (Å²) in [5, 5.41) is 3.25. The molecular formula is C16H30N4. The van der Waals surface area contributed by atoms with E-state index < -0.39 is 0 Å². The van der Waals surface area contributed by atoms with Gasteiger partial charge in [0.15, 0.2) is 5.96 Å². The topological polar surface area (TPSA) is 53.6 Å². The van der Waals surface area contributed by atoms with Gasteiger partial charge in [0, 0.05) is 12.6 Å². The van der Waals surface area contributed by atoms with Gasteiger partial charge < -0.3 is 16.0 Å². The van der Waals surface area contributed by atoms with Crippen molar-refractivity contribution in [3.63, 3.8) is 0 Å². The summed E-state index contributed by atoms with van der Waals surface area (Å²) in [6.45, 7) is 4.46. The van der Waals surface area contributed by atoms with Gasteiger partial charge in [0.25, 0.3) is 0 Å². The first-order valence-corrected chi connectivity index (χ1v) is 8.55. The van der Waals surface area contributed by atoms with E-state index in [9.17, 15) is 0 Å². The van der Waals surface area contributed by atoms with Crippen molar-refractivity contribution >= 4 is 5.96 Å². The SMILES string of the molecule is NC(=NCCN1CCC2(CCCCC2)CC1)NC1CC1. The zero-order valence-electron chi connectivity index (χ0n) is 12.7. The Kier molecular flexibility index (Phi) is 4.49. The smallest absolute Gasteiger partial charge is 0.188 e. The van der Waals surface area contributed by atoms with Crippen LogP contribution in [0.4, 0.5) is 0 Å². The summed E-state index contributed by atoms with van der Waals surface area (Å²) >= 11 is 0. The lowest BCUT2D eigenvalue weighted by Crippen LogP contribution is -2.42. The molecule has 0 aromatic rings. The molecule has 0 unspecified atom stereocenters. The van der Waals surface area contributed by atoms with Gasteiger partial charge in [0.1, 0.15) is 0 Å². The zero-order valence-corrected chi connectivity index (χ0v) is 12.7. The van der Waals surface area contributed by atoms with Crippen LogP contribution in [-0.2, 0) is 0 Å². The van der Waals surface area contributed by atoms with Gasteiger partial charge in [0.2, 0.25) is 0 Å². The highest BCUT2D eigenvalue weighted by Gasteiger charge is 2.35. The molecule has 4 nitrogen and oxygen atoms in total. The van der Waals surface area contributed by atoms with Crippen molar-refractivity contribution in [2.45, 2.75) is 63.8 Å². The third-order valence-electron chi connectivity index (χ3n) is 5.46. The van der Waals surface area contributed by atoms with E-state index in [1.165, 1.54) is 70.9 Å². The highest BCUT2D eigenvalue weighted by molar-refractivity contribution is 5.78. The molecule has 3 N–H and O–H groups in total. The molecule has 0 bridgehead atoms. The minimum atomic E-state index is 0.611. The molecule has 1 spiro atoms. The lowest BCUT2D eigenvalue weighted by molar-refractivity contribution is 0.0695. The molecule has 0 aromatic carbocycles. The van der Waals surface area contributed by atoms with Gasteiger partial charge >= 0.3 is 0 Å². The molecule has 20 heavy (non-hydrogen) atoms. The summed E-state index contributed by atoms with van der Waals surface area (Å²) < 4.78 is 0.